The van der Waals surface area contributed by atoms with E-state index in [1.165, 1.54) is 5.57 Å². The second kappa shape index (κ2) is 9.06. The van der Waals surface area contributed by atoms with Crippen molar-refractivity contribution in [3.05, 3.63) is 58.4 Å². The van der Waals surface area contributed by atoms with Crippen molar-refractivity contribution in [2.24, 2.45) is 0 Å². The van der Waals surface area contributed by atoms with E-state index in [0.29, 0.717) is 18.8 Å². The van der Waals surface area contributed by atoms with Gasteiger partial charge < -0.3 is 10.1 Å². The largest absolute Gasteiger partial charge is 0.497 e. The second-order valence-electron chi connectivity index (χ2n) is 7.41. The summed E-state index contributed by atoms with van der Waals surface area (Å²) in [5.41, 5.74) is 5.20. The highest BCUT2D eigenvalue weighted by molar-refractivity contribution is 5.94. The lowest BCUT2D eigenvalue weighted by Gasteiger charge is -2.26. The molecule has 0 radical (unpaired) electrons. The predicted octanol–water partition coefficient (Wildman–Crippen LogP) is 3.01. The van der Waals surface area contributed by atoms with E-state index in [9.17, 15) is 4.79 Å². The van der Waals surface area contributed by atoms with Crippen LogP contribution < -0.4 is 10.1 Å². The summed E-state index contributed by atoms with van der Waals surface area (Å²) in [5, 5.41) is 7.62. The average Bonchev–Trinajstić information content (AvgIpc) is 3.04. The molecule has 1 aliphatic rings. The third-order valence-corrected chi connectivity index (χ3v) is 4.99. The smallest absolute Gasteiger partial charge is 0.272 e. The Bertz CT molecular complexity index is 865. The molecule has 3 rings (SSSR count). The molecular weight excluding hydrogens is 352 g/mol. The number of methoxy groups -OCH3 is 1. The highest BCUT2D eigenvalue weighted by atomic mass is 16.5. The van der Waals surface area contributed by atoms with Crippen molar-refractivity contribution in [1.82, 2.24) is 20.0 Å². The molecule has 1 aromatic heterocycles. The van der Waals surface area contributed by atoms with E-state index in [-0.39, 0.29) is 5.91 Å². The Morgan fingerprint density at radius 2 is 2.18 bits per heavy atom. The minimum Gasteiger partial charge on any atom is -0.497 e. The van der Waals surface area contributed by atoms with Crippen LogP contribution in [0.1, 0.15) is 48.1 Å². The standard InChI is InChI=1S/C22H30N4O2/c1-5-23-22(27)21-19-15-25(11-9-16(2)3)12-10-20(19)26(24-21)14-17-7-6-8-18(13-17)28-4/h6-9,13H,5,10-12,14-15H2,1-4H3,(H,23,27). The van der Waals surface area contributed by atoms with Crippen molar-refractivity contribution in [1.29, 1.82) is 0 Å². The summed E-state index contributed by atoms with van der Waals surface area (Å²) in [5.74, 6) is 0.738. The van der Waals surface area contributed by atoms with Crippen molar-refractivity contribution in [3.63, 3.8) is 0 Å². The molecule has 0 atom stereocenters. The Morgan fingerprint density at radius 1 is 1.36 bits per heavy atom. The topological polar surface area (TPSA) is 59.4 Å². The van der Waals surface area contributed by atoms with Gasteiger partial charge in [-0.05, 0) is 38.5 Å². The number of amides is 1. The van der Waals surface area contributed by atoms with Crippen LogP contribution in [0.3, 0.4) is 0 Å². The van der Waals surface area contributed by atoms with Gasteiger partial charge in [-0.25, -0.2) is 0 Å². The molecule has 2 aromatic rings. The lowest BCUT2D eigenvalue weighted by molar-refractivity contribution is 0.0948. The first kappa shape index (κ1) is 20.1. The number of allylic oxidation sites excluding steroid dienone is 1. The molecule has 1 amide bonds. The normalized spacial score (nSPS) is 13.7. The fraction of sp³-hybridized carbons (Fsp3) is 0.455. The van der Waals surface area contributed by atoms with Gasteiger partial charge in [0.1, 0.15) is 5.75 Å². The SMILES string of the molecule is CCNC(=O)c1nn(Cc2cccc(OC)c2)c2c1CN(CC=C(C)C)CC2. The second-order valence-corrected chi connectivity index (χ2v) is 7.41. The maximum atomic E-state index is 12.6. The molecule has 0 saturated heterocycles. The van der Waals surface area contributed by atoms with Crippen molar-refractivity contribution in [2.75, 3.05) is 26.7 Å². The lowest BCUT2D eigenvalue weighted by Crippen LogP contribution is -2.33. The molecule has 0 bridgehead atoms. The van der Waals surface area contributed by atoms with Gasteiger partial charge in [0, 0.05) is 43.9 Å². The van der Waals surface area contributed by atoms with Gasteiger partial charge >= 0.3 is 0 Å². The van der Waals surface area contributed by atoms with E-state index < -0.39 is 0 Å². The Balaban J connectivity index is 1.91. The molecular formula is C22H30N4O2. The zero-order valence-electron chi connectivity index (χ0n) is 17.3. The Hall–Kier alpha value is -2.60. The molecule has 0 aliphatic carbocycles. The highest BCUT2D eigenvalue weighted by Crippen LogP contribution is 2.24. The number of carbonyl (C=O) groups is 1. The average molecular weight is 383 g/mol. The molecule has 28 heavy (non-hydrogen) atoms. The molecule has 0 fully saturated rings. The Kier molecular flexibility index (Phi) is 6.52. The van der Waals surface area contributed by atoms with Gasteiger partial charge in [0.05, 0.1) is 13.7 Å². The van der Waals surface area contributed by atoms with Crippen molar-refractivity contribution < 1.29 is 9.53 Å². The predicted molar refractivity (Wildman–Crippen MR) is 111 cm³/mol. The van der Waals surface area contributed by atoms with E-state index in [1.807, 2.05) is 29.8 Å². The number of rotatable bonds is 7. The summed E-state index contributed by atoms with van der Waals surface area (Å²) in [6.45, 7) is 10.0. The zero-order chi connectivity index (χ0) is 20.1. The molecule has 6 heteroatoms. The first-order valence-electron chi connectivity index (χ1n) is 9.87. The monoisotopic (exact) mass is 382 g/mol. The van der Waals surface area contributed by atoms with Gasteiger partial charge in [-0.15, -0.1) is 0 Å². The first-order valence-corrected chi connectivity index (χ1v) is 9.87. The first-order chi connectivity index (χ1) is 13.5. The third kappa shape index (κ3) is 4.62. The van der Waals surface area contributed by atoms with Gasteiger partial charge in [-0.1, -0.05) is 23.8 Å². The van der Waals surface area contributed by atoms with E-state index in [0.717, 1.165) is 48.6 Å². The zero-order valence-corrected chi connectivity index (χ0v) is 17.3. The van der Waals surface area contributed by atoms with Crippen LogP contribution in [-0.2, 0) is 19.5 Å². The molecule has 0 saturated carbocycles. The van der Waals surface area contributed by atoms with E-state index >= 15 is 0 Å². The number of benzene rings is 1. The van der Waals surface area contributed by atoms with Crippen molar-refractivity contribution in [3.8, 4) is 5.75 Å². The number of nitrogens with zero attached hydrogens (tertiary/aromatic N) is 3. The molecule has 0 spiro atoms. The summed E-state index contributed by atoms with van der Waals surface area (Å²) < 4.78 is 7.33. The molecule has 1 aliphatic heterocycles. The molecule has 1 aromatic carbocycles. The van der Waals surface area contributed by atoms with Crippen molar-refractivity contribution in [2.45, 2.75) is 40.3 Å². The number of fused-ring (bicyclic) bond motifs is 1. The molecule has 0 unspecified atom stereocenters. The minimum absolute atomic E-state index is 0.0905. The highest BCUT2D eigenvalue weighted by Gasteiger charge is 2.27. The van der Waals surface area contributed by atoms with Crippen molar-refractivity contribution >= 4 is 5.91 Å². The van der Waals surface area contributed by atoms with Gasteiger partial charge in [0.2, 0.25) is 0 Å². The number of carbonyl (C=O) groups excluding carboxylic acids is 1. The maximum absolute atomic E-state index is 12.6. The summed E-state index contributed by atoms with van der Waals surface area (Å²) in [6, 6.07) is 8.00. The number of ether oxygens (including phenoxy) is 1. The van der Waals surface area contributed by atoms with Crippen LogP contribution in [0.4, 0.5) is 0 Å². The van der Waals surface area contributed by atoms with Crippen LogP contribution in [0.15, 0.2) is 35.9 Å². The third-order valence-electron chi connectivity index (χ3n) is 4.99. The van der Waals surface area contributed by atoms with Crippen LogP contribution >= 0.6 is 0 Å². The summed E-state index contributed by atoms with van der Waals surface area (Å²) in [4.78, 5) is 15.0. The fourth-order valence-electron chi connectivity index (χ4n) is 3.52. The minimum atomic E-state index is -0.0905. The fourth-order valence-corrected chi connectivity index (χ4v) is 3.52. The number of hydrogen-bond acceptors (Lipinski definition) is 4. The van der Waals surface area contributed by atoms with Crippen LogP contribution in [0.2, 0.25) is 0 Å². The number of hydrogen-bond donors (Lipinski definition) is 1. The molecule has 1 N–H and O–H groups in total. The van der Waals surface area contributed by atoms with Crippen LogP contribution in [-0.4, -0.2) is 47.3 Å². The Morgan fingerprint density at radius 3 is 2.89 bits per heavy atom. The van der Waals surface area contributed by atoms with E-state index in [4.69, 9.17) is 9.84 Å². The maximum Gasteiger partial charge on any atom is 0.272 e. The summed E-state index contributed by atoms with van der Waals surface area (Å²) in [6.07, 6.45) is 3.12. The Labute approximate surface area is 167 Å². The van der Waals surface area contributed by atoms with Gasteiger partial charge in [0.25, 0.3) is 5.91 Å². The number of nitrogens with one attached hydrogen (secondary N) is 1. The van der Waals surface area contributed by atoms with Crippen LogP contribution in [0.5, 0.6) is 5.75 Å². The molecule has 150 valence electrons. The molecule has 2 heterocycles. The van der Waals surface area contributed by atoms with Crippen LogP contribution in [0, 0.1) is 0 Å². The number of aromatic nitrogens is 2. The molecule has 6 nitrogen and oxygen atoms in total. The lowest BCUT2D eigenvalue weighted by atomic mass is 10.0. The van der Waals surface area contributed by atoms with E-state index in [2.05, 4.69) is 36.2 Å². The van der Waals surface area contributed by atoms with Gasteiger partial charge in [-0.3, -0.25) is 14.4 Å². The van der Waals surface area contributed by atoms with E-state index in [1.54, 1.807) is 7.11 Å². The summed E-state index contributed by atoms with van der Waals surface area (Å²) in [7, 11) is 1.67. The van der Waals surface area contributed by atoms with Crippen LogP contribution in [0.25, 0.3) is 0 Å². The quantitative estimate of drug-likeness (QED) is 0.748. The van der Waals surface area contributed by atoms with Gasteiger partial charge in [0.15, 0.2) is 5.69 Å². The summed E-state index contributed by atoms with van der Waals surface area (Å²) >= 11 is 0. The van der Waals surface area contributed by atoms with Gasteiger partial charge in [-0.2, -0.15) is 5.10 Å².